The summed E-state index contributed by atoms with van der Waals surface area (Å²) in [5.74, 6) is -1.60. The molecule has 3 rings (SSSR count). The highest BCUT2D eigenvalue weighted by Gasteiger charge is 2.16. The predicted molar refractivity (Wildman–Crippen MR) is 80.6 cm³/mol. The second-order valence-corrected chi connectivity index (χ2v) is 4.72. The Balaban J connectivity index is 1.76. The average molecular weight is 331 g/mol. The number of methoxy groups -OCH3 is 1. The Bertz CT molecular complexity index is 879. The van der Waals surface area contributed by atoms with Gasteiger partial charge >= 0.3 is 6.01 Å². The molecule has 0 bridgehead atoms. The van der Waals surface area contributed by atoms with Gasteiger partial charge < -0.3 is 9.15 Å². The van der Waals surface area contributed by atoms with Crippen LogP contribution in [0.3, 0.4) is 0 Å². The maximum atomic E-state index is 13.7. The first-order chi connectivity index (χ1) is 11.6. The largest absolute Gasteiger partial charge is 0.497 e. The topological polar surface area (TPSA) is 77.2 Å². The molecule has 0 unspecified atom stereocenters. The van der Waals surface area contributed by atoms with Crippen LogP contribution in [-0.2, 0) is 0 Å². The fourth-order valence-corrected chi connectivity index (χ4v) is 1.96. The van der Waals surface area contributed by atoms with Crippen molar-refractivity contribution in [3.63, 3.8) is 0 Å². The van der Waals surface area contributed by atoms with E-state index in [0.29, 0.717) is 17.4 Å². The number of aromatic nitrogens is 2. The summed E-state index contributed by atoms with van der Waals surface area (Å²) in [5.41, 5.74) is 0.289. The van der Waals surface area contributed by atoms with Crippen molar-refractivity contribution < 1.29 is 22.7 Å². The summed E-state index contributed by atoms with van der Waals surface area (Å²) in [7, 11) is 1.52. The highest BCUT2D eigenvalue weighted by molar-refractivity contribution is 6.03. The molecule has 0 saturated heterocycles. The van der Waals surface area contributed by atoms with E-state index in [2.05, 4.69) is 15.5 Å². The van der Waals surface area contributed by atoms with Crippen LogP contribution in [0.25, 0.3) is 11.5 Å². The maximum absolute atomic E-state index is 13.7. The predicted octanol–water partition coefficient (Wildman–Crippen LogP) is 3.28. The summed E-state index contributed by atoms with van der Waals surface area (Å²) in [4.78, 5) is 12.1. The first kappa shape index (κ1) is 15.6. The minimum atomic E-state index is -0.841. The summed E-state index contributed by atoms with van der Waals surface area (Å²) in [5, 5.41) is 9.66. The van der Waals surface area contributed by atoms with Crippen LogP contribution < -0.4 is 10.1 Å². The molecule has 122 valence electrons. The van der Waals surface area contributed by atoms with E-state index in [4.69, 9.17) is 9.15 Å². The molecule has 1 heterocycles. The number of nitrogens with one attached hydrogen (secondary N) is 1. The Kier molecular flexibility index (Phi) is 4.19. The van der Waals surface area contributed by atoms with Crippen LogP contribution in [0.15, 0.2) is 46.9 Å². The van der Waals surface area contributed by atoms with Crippen LogP contribution in [0.4, 0.5) is 14.8 Å². The van der Waals surface area contributed by atoms with Gasteiger partial charge in [-0.3, -0.25) is 10.1 Å². The van der Waals surface area contributed by atoms with Crippen molar-refractivity contribution in [1.29, 1.82) is 0 Å². The van der Waals surface area contributed by atoms with Crippen LogP contribution in [0.1, 0.15) is 10.4 Å². The van der Waals surface area contributed by atoms with E-state index in [1.165, 1.54) is 13.2 Å². The quantitative estimate of drug-likeness (QED) is 0.794. The van der Waals surface area contributed by atoms with E-state index in [1.807, 2.05) is 0 Å². The molecule has 0 aliphatic carbocycles. The van der Waals surface area contributed by atoms with E-state index in [1.54, 1.807) is 24.3 Å². The highest BCUT2D eigenvalue weighted by atomic mass is 19.1. The van der Waals surface area contributed by atoms with Gasteiger partial charge in [-0.2, -0.15) is 0 Å². The van der Waals surface area contributed by atoms with E-state index in [9.17, 15) is 13.6 Å². The van der Waals surface area contributed by atoms with Gasteiger partial charge in [-0.1, -0.05) is 5.10 Å². The Morgan fingerprint density at radius 1 is 1.12 bits per heavy atom. The standard InChI is InChI=1S/C16H11F2N3O3/c1-23-11-5-2-9(3-6-11)14(22)19-16-21-20-15(24-16)12-7-4-10(17)8-13(12)18/h2-8H,1H3,(H,19,21,22). The number of carbonyl (C=O) groups excluding carboxylic acids is 1. The van der Waals surface area contributed by atoms with Gasteiger partial charge in [-0.25, -0.2) is 8.78 Å². The zero-order chi connectivity index (χ0) is 17.1. The average Bonchev–Trinajstić information content (AvgIpc) is 3.03. The number of ether oxygens (including phenoxy) is 1. The number of benzene rings is 2. The van der Waals surface area contributed by atoms with Crippen molar-refractivity contribution in [2.45, 2.75) is 0 Å². The lowest BCUT2D eigenvalue weighted by Gasteiger charge is -2.02. The van der Waals surface area contributed by atoms with E-state index in [0.717, 1.165) is 6.07 Å². The van der Waals surface area contributed by atoms with Gasteiger partial charge in [0.25, 0.3) is 11.8 Å². The number of halogens is 2. The van der Waals surface area contributed by atoms with Crippen LogP contribution >= 0.6 is 0 Å². The number of nitrogens with zero attached hydrogens (tertiary/aromatic N) is 2. The Hall–Kier alpha value is -3.29. The number of carbonyl (C=O) groups is 1. The lowest BCUT2D eigenvalue weighted by Crippen LogP contribution is -2.11. The fraction of sp³-hybridized carbons (Fsp3) is 0.0625. The molecule has 1 aromatic heterocycles. The van der Waals surface area contributed by atoms with E-state index < -0.39 is 17.5 Å². The third-order valence-electron chi connectivity index (χ3n) is 3.16. The summed E-state index contributed by atoms with van der Waals surface area (Å²) < 4.78 is 36.8. The number of amides is 1. The molecule has 3 aromatic rings. The van der Waals surface area contributed by atoms with E-state index in [-0.39, 0.29) is 17.5 Å². The van der Waals surface area contributed by atoms with Crippen molar-refractivity contribution in [3.8, 4) is 17.2 Å². The van der Waals surface area contributed by atoms with Gasteiger partial charge in [0, 0.05) is 11.6 Å². The molecule has 0 saturated carbocycles. The van der Waals surface area contributed by atoms with Gasteiger partial charge in [0.15, 0.2) is 0 Å². The van der Waals surface area contributed by atoms with Crippen molar-refractivity contribution >= 4 is 11.9 Å². The minimum Gasteiger partial charge on any atom is -0.497 e. The van der Waals surface area contributed by atoms with Crippen molar-refractivity contribution in [2.24, 2.45) is 0 Å². The maximum Gasteiger partial charge on any atom is 0.322 e. The molecule has 0 aliphatic rings. The summed E-state index contributed by atoms with van der Waals surface area (Å²) in [6.45, 7) is 0. The molecule has 8 heteroatoms. The molecule has 2 aromatic carbocycles. The molecule has 24 heavy (non-hydrogen) atoms. The lowest BCUT2D eigenvalue weighted by atomic mass is 10.2. The molecule has 1 amide bonds. The summed E-state index contributed by atoms with van der Waals surface area (Å²) >= 11 is 0. The molecule has 0 spiro atoms. The third-order valence-corrected chi connectivity index (χ3v) is 3.16. The number of hydrogen-bond acceptors (Lipinski definition) is 5. The smallest absolute Gasteiger partial charge is 0.322 e. The monoisotopic (exact) mass is 331 g/mol. The highest BCUT2D eigenvalue weighted by Crippen LogP contribution is 2.23. The molecule has 0 atom stereocenters. The first-order valence-corrected chi connectivity index (χ1v) is 6.81. The lowest BCUT2D eigenvalue weighted by molar-refractivity contribution is 0.102. The van der Waals surface area contributed by atoms with Gasteiger partial charge in [0.2, 0.25) is 0 Å². The molecular weight excluding hydrogens is 320 g/mol. The summed E-state index contributed by atoms with van der Waals surface area (Å²) in [6.07, 6.45) is 0. The van der Waals surface area contributed by atoms with Crippen LogP contribution in [0.2, 0.25) is 0 Å². The number of hydrogen-bond donors (Lipinski definition) is 1. The Morgan fingerprint density at radius 2 is 1.88 bits per heavy atom. The number of anilines is 1. The Labute approximate surface area is 135 Å². The zero-order valence-electron chi connectivity index (χ0n) is 12.4. The minimum absolute atomic E-state index is 0.0613. The zero-order valence-corrected chi connectivity index (χ0v) is 12.4. The molecular formula is C16H11F2N3O3. The summed E-state index contributed by atoms with van der Waals surface area (Å²) in [6, 6.07) is 9.12. The van der Waals surface area contributed by atoms with Gasteiger partial charge in [-0.05, 0) is 36.4 Å². The molecule has 1 N–H and O–H groups in total. The normalized spacial score (nSPS) is 10.5. The molecule has 0 aliphatic heterocycles. The fourth-order valence-electron chi connectivity index (χ4n) is 1.96. The van der Waals surface area contributed by atoms with Crippen molar-refractivity contribution in [2.75, 3.05) is 12.4 Å². The van der Waals surface area contributed by atoms with Gasteiger partial charge in [-0.15, -0.1) is 5.10 Å². The SMILES string of the molecule is COc1ccc(C(=O)Nc2nnc(-c3ccc(F)cc3F)o2)cc1. The first-order valence-electron chi connectivity index (χ1n) is 6.81. The molecule has 0 radical (unpaired) electrons. The third kappa shape index (κ3) is 3.22. The second kappa shape index (κ2) is 6.45. The van der Waals surface area contributed by atoms with Crippen LogP contribution in [0, 0.1) is 11.6 Å². The van der Waals surface area contributed by atoms with Gasteiger partial charge in [0.05, 0.1) is 12.7 Å². The van der Waals surface area contributed by atoms with Gasteiger partial charge in [0.1, 0.15) is 17.4 Å². The van der Waals surface area contributed by atoms with Crippen LogP contribution in [0.5, 0.6) is 5.75 Å². The molecule has 0 fully saturated rings. The Morgan fingerprint density at radius 3 is 2.54 bits per heavy atom. The second-order valence-electron chi connectivity index (χ2n) is 4.72. The van der Waals surface area contributed by atoms with Crippen molar-refractivity contribution in [1.82, 2.24) is 10.2 Å². The number of rotatable bonds is 4. The van der Waals surface area contributed by atoms with Crippen molar-refractivity contribution in [3.05, 3.63) is 59.7 Å². The molecule has 6 nitrogen and oxygen atoms in total. The van der Waals surface area contributed by atoms with E-state index >= 15 is 0 Å². The van der Waals surface area contributed by atoms with Crippen LogP contribution in [-0.4, -0.2) is 23.2 Å².